The summed E-state index contributed by atoms with van der Waals surface area (Å²) in [7, 11) is -1.04. The molecule has 0 aliphatic carbocycles. The third-order valence-corrected chi connectivity index (χ3v) is 1.82. The molecule has 0 aromatic heterocycles. The summed E-state index contributed by atoms with van der Waals surface area (Å²) in [5.74, 6) is -0.0263. The van der Waals surface area contributed by atoms with E-state index in [4.69, 9.17) is 0 Å². The van der Waals surface area contributed by atoms with Crippen LogP contribution in [0, 0.1) is 5.41 Å². The molecule has 0 aliphatic heterocycles. The smallest absolute Gasteiger partial charge is 0.232 e. The second-order valence-electron chi connectivity index (χ2n) is 4.05. The highest BCUT2D eigenvalue weighted by Crippen LogP contribution is 2.09. The Morgan fingerprint density at radius 2 is 1.92 bits per heavy atom. The van der Waals surface area contributed by atoms with Gasteiger partial charge < -0.3 is 5.32 Å². The van der Waals surface area contributed by atoms with Gasteiger partial charge in [0.15, 0.2) is 0 Å². The molecule has 1 amide bonds. The van der Waals surface area contributed by atoms with Crippen molar-refractivity contribution in [3.05, 3.63) is 0 Å². The number of carbonyl (C=O) groups excluding carboxylic acids is 1. The molecule has 1 atom stereocenters. The molecule has 72 valence electrons. The van der Waals surface area contributed by atoms with E-state index in [1.807, 2.05) is 20.8 Å². The minimum absolute atomic E-state index is 0.0882. The summed E-state index contributed by atoms with van der Waals surface area (Å²) < 4.78 is 10.6. The van der Waals surface area contributed by atoms with Gasteiger partial charge in [0, 0.05) is 23.6 Å². The van der Waals surface area contributed by atoms with Crippen LogP contribution >= 0.6 is 0 Å². The maximum Gasteiger partial charge on any atom is 0.232 e. The molecule has 1 N–H and O–H groups in total. The molecule has 1 unspecified atom stereocenters. The largest absolute Gasteiger partial charge is 0.355 e. The van der Waals surface area contributed by atoms with Gasteiger partial charge in [0.1, 0.15) is 5.75 Å². The van der Waals surface area contributed by atoms with Gasteiger partial charge in [-0.15, -0.1) is 0 Å². The van der Waals surface area contributed by atoms with Gasteiger partial charge in [0.25, 0.3) is 0 Å². The molecule has 0 aromatic rings. The van der Waals surface area contributed by atoms with Gasteiger partial charge in [-0.2, -0.15) is 0 Å². The molecule has 0 spiro atoms. The lowest BCUT2D eigenvalue weighted by atomic mass is 9.97. The lowest BCUT2D eigenvalue weighted by molar-refractivity contribution is -0.119. The normalized spacial score (nSPS) is 14.0. The quantitative estimate of drug-likeness (QED) is 0.707. The molecule has 0 rings (SSSR count). The molecular weight excluding hydrogens is 174 g/mol. The van der Waals surface area contributed by atoms with Crippen molar-refractivity contribution < 1.29 is 9.00 Å². The van der Waals surface area contributed by atoms with Crippen LogP contribution in [0.25, 0.3) is 0 Å². The highest BCUT2D eigenvalue weighted by atomic mass is 32.2. The average Bonchev–Trinajstić information content (AvgIpc) is 1.80. The van der Waals surface area contributed by atoms with E-state index in [-0.39, 0.29) is 17.1 Å². The molecule has 0 aromatic carbocycles. The van der Waals surface area contributed by atoms with E-state index >= 15 is 0 Å². The predicted molar refractivity (Wildman–Crippen MR) is 51.4 cm³/mol. The Morgan fingerprint density at radius 1 is 1.42 bits per heavy atom. The van der Waals surface area contributed by atoms with Crippen molar-refractivity contribution in [2.75, 3.05) is 18.6 Å². The third kappa shape index (κ3) is 7.72. The fraction of sp³-hybridized carbons (Fsp3) is 0.875. The Labute approximate surface area is 76.4 Å². The SMILES string of the molecule is CS(=O)CC(=O)NCC(C)(C)C. The van der Waals surface area contributed by atoms with E-state index < -0.39 is 10.8 Å². The lowest BCUT2D eigenvalue weighted by Crippen LogP contribution is -2.34. The van der Waals surface area contributed by atoms with Crippen LogP contribution in [-0.2, 0) is 15.6 Å². The van der Waals surface area contributed by atoms with Crippen molar-refractivity contribution in [3.63, 3.8) is 0 Å². The summed E-state index contributed by atoms with van der Waals surface area (Å²) >= 11 is 0. The minimum atomic E-state index is -1.04. The van der Waals surface area contributed by atoms with Gasteiger partial charge in [0.2, 0.25) is 5.91 Å². The Balaban J connectivity index is 3.65. The first kappa shape index (κ1) is 11.6. The molecule has 4 heteroatoms. The number of amides is 1. The Morgan fingerprint density at radius 3 is 2.25 bits per heavy atom. The van der Waals surface area contributed by atoms with Crippen LogP contribution in [-0.4, -0.2) is 28.7 Å². The first-order valence-electron chi connectivity index (χ1n) is 3.88. The molecular formula is C8H17NO2S. The van der Waals surface area contributed by atoms with Crippen LogP contribution in [0.5, 0.6) is 0 Å². The minimum Gasteiger partial charge on any atom is -0.355 e. The summed E-state index contributed by atoms with van der Waals surface area (Å²) in [5, 5.41) is 2.72. The van der Waals surface area contributed by atoms with Gasteiger partial charge >= 0.3 is 0 Å². The van der Waals surface area contributed by atoms with Crippen molar-refractivity contribution >= 4 is 16.7 Å². The summed E-state index contributed by atoms with van der Waals surface area (Å²) in [6.07, 6.45) is 1.52. The Hall–Kier alpha value is -0.380. The summed E-state index contributed by atoms with van der Waals surface area (Å²) in [6.45, 7) is 6.74. The average molecular weight is 191 g/mol. The van der Waals surface area contributed by atoms with E-state index in [1.165, 1.54) is 6.26 Å². The van der Waals surface area contributed by atoms with Crippen molar-refractivity contribution in [2.45, 2.75) is 20.8 Å². The Bertz CT molecular complexity index is 184. The lowest BCUT2D eigenvalue weighted by Gasteiger charge is -2.18. The first-order valence-corrected chi connectivity index (χ1v) is 5.61. The maximum absolute atomic E-state index is 11.0. The summed E-state index contributed by atoms with van der Waals surface area (Å²) in [5.41, 5.74) is 0.0882. The van der Waals surface area contributed by atoms with Crippen molar-refractivity contribution in [1.82, 2.24) is 5.32 Å². The molecule has 0 bridgehead atoms. The third-order valence-electron chi connectivity index (χ3n) is 1.15. The van der Waals surface area contributed by atoms with Gasteiger partial charge in [0.05, 0.1) is 0 Å². The first-order chi connectivity index (χ1) is 5.31. The molecule has 0 fully saturated rings. The molecule has 0 radical (unpaired) electrons. The predicted octanol–water partition coefficient (Wildman–Crippen LogP) is 0.527. The molecule has 0 aliphatic rings. The molecule has 12 heavy (non-hydrogen) atoms. The van der Waals surface area contributed by atoms with E-state index in [2.05, 4.69) is 5.32 Å². The number of hydrogen-bond acceptors (Lipinski definition) is 2. The summed E-state index contributed by atoms with van der Waals surface area (Å²) in [4.78, 5) is 11.0. The zero-order valence-corrected chi connectivity index (χ0v) is 8.96. The van der Waals surface area contributed by atoms with Crippen molar-refractivity contribution in [2.24, 2.45) is 5.41 Å². The van der Waals surface area contributed by atoms with Gasteiger partial charge in [-0.1, -0.05) is 20.8 Å². The Kier molecular flexibility index (Phi) is 4.45. The molecule has 0 saturated carbocycles. The molecule has 0 saturated heterocycles. The second-order valence-corrected chi connectivity index (χ2v) is 5.49. The number of rotatable bonds is 3. The van der Waals surface area contributed by atoms with Crippen LogP contribution in [0.15, 0.2) is 0 Å². The number of carbonyl (C=O) groups is 1. The molecule has 0 heterocycles. The zero-order valence-electron chi connectivity index (χ0n) is 8.14. The van der Waals surface area contributed by atoms with Crippen LogP contribution in [0.4, 0.5) is 0 Å². The fourth-order valence-corrected chi connectivity index (χ4v) is 1.07. The van der Waals surface area contributed by atoms with Crippen LogP contribution in [0.2, 0.25) is 0 Å². The summed E-state index contributed by atoms with van der Waals surface area (Å²) in [6, 6.07) is 0. The van der Waals surface area contributed by atoms with Gasteiger partial charge in [-0.05, 0) is 5.41 Å². The van der Waals surface area contributed by atoms with E-state index in [9.17, 15) is 9.00 Å². The van der Waals surface area contributed by atoms with Crippen LogP contribution < -0.4 is 5.32 Å². The van der Waals surface area contributed by atoms with Crippen LogP contribution in [0.1, 0.15) is 20.8 Å². The second kappa shape index (κ2) is 4.60. The zero-order chi connectivity index (χ0) is 9.78. The number of hydrogen-bond donors (Lipinski definition) is 1. The van der Waals surface area contributed by atoms with Gasteiger partial charge in [-0.3, -0.25) is 9.00 Å². The fourth-order valence-electron chi connectivity index (χ4n) is 0.599. The van der Waals surface area contributed by atoms with Crippen molar-refractivity contribution in [1.29, 1.82) is 0 Å². The van der Waals surface area contributed by atoms with Crippen LogP contribution in [0.3, 0.4) is 0 Å². The maximum atomic E-state index is 11.0. The molecule has 3 nitrogen and oxygen atoms in total. The van der Waals surface area contributed by atoms with Gasteiger partial charge in [-0.25, -0.2) is 0 Å². The standard InChI is InChI=1S/C8H17NO2S/c1-8(2,3)6-9-7(10)5-12(4)11/h5-6H2,1-4H3,(H,9,10). The number of nitrogens with one attached hydrogen (secondary N) is 1. The monoisotopic (exact) mass is 191 g/mol. The van der Waals surface area contributed by atoms with E-state index in [0.29, 0.717) is 6.54 Å². The topological polar surface area (TPSA) is 46.2 Å². The highest BCUT2D eigenvalue weighted by Gasteiger charge is 2.12. The van der Waals surface area contributed by atoms with E-state index in [1.54, 1.807) is 0 Å². The van der Waals surface area contributed by atoms with Crippen molar-refractivity contribution in [3.8, 4) is 0 Å². The highest BCUT2D eigenvalue weighted by molar-refractivity contribution is 7.85. The van der Waals surface area contributed by atoms with E-state index in [0.717, 1.165) is 0 Å².